The van der Waals surface area contributed by atoms with E-state index in [4.69, 9.17) is 0 Å². The second-order valence-electron chi connectivity index (χ2n) is 6.16. The lowest BCUT2D eigenvalue weighted by molar-refractivity contribution is -0.111. The smallest absolute Gasteiger partial charge is 0.247 e. The molecule has 1 amide bonds. The van der Waals surface area contributed by atoms with Gasteiger partial charge in [0.15, 0.2) is 0 Å². The van der Waals surface area contributed by atoms with Crippen molar-refractivity contribution in [1.29, 1.82) is 0 Å². The van der Waals surface area contributed by atoms with Crippen LogP contribution in [-0.2, 0) is 22.3 Å². The zero-order valence-electron chi connectivity index (χ0n) is 14.6. The van der Waals surface area contributed by atoms with Gasteiger partial charge in [-0.25, -0.2) is 8.51 Å². The van der Waals surface area contributed by atoms with Gasteiger partial charge in [0.25, 0.3) is 0 Å². The number of piperazine rings is 1. The maximum atomic E-state index is 12.9. The maximum absolute atomic E-state index is 12.9. The van der Waals surface area contributed by atoms with Crippen LogP contribution in [0.3, 0.4) is 0 Å². The fourth-order valence-electron chi connectivity index (χ4n) is 2.92. The molecule has 6 heteroatoms. The Balaban J connectivity index is 1.57. The summed E-state index contributed by atoms with van der Waals surface area (Å²) in [5.74, 6) is -0.276. The topological polar surface area (TPSA) is 52.7 Å². The summed E-state index contributed by atoms with van der Waals surface area (Å²) in [7, 11) is -1.23. The van der Waals surface area contributed by atoms with Crippen molar-refractivity contribution in [2.45, 2.75) is 11.4 Å². The van der Waals surface area contributed by atoms with E-state index >= 15 is 0 Å². The number of hydrogen-bond acceptors (Lipinski definition) is 3. The third kappa shape index (κ3) is 4.88. The van der Waals surface area contributed by atoms with Gasteiger partial charge in [-0.15, -0.1) is 0 Å². The van der Waals surface area contributed by atoms with E-state index in [-0.39, 0.29) is 5.91 Å². The van der Waals surface area contributed by atoms with Gasteiger partial charge in [0.05, 0.1) is 4.90 Å². The molecule has 1 heterocycles. The van der Waals surface area contributed by atoms with Gasteiger partial charge in [0.2, 0.25) is 5.91 Å². The number of carbonyl (C=O) groups is 1. The van der Waals surface area contributed by atoms with Gasteiger partial charge in [-0.3, -0.25) is 9.69 Å². The number of amides is 1. The molecule has 0 radical (unpaired) electrons. The van der Waals surface area contributed by atoms with Gasteiger partial charge in [-0.1, -0.05) is 43.0 Å². The number of nitrogens with zero attached hydrogens (tertiary/aromatic N) is 2. The highest BCUT2D eigenvalue weighted by Crippen LogP contribution is 2.18. The lowest BCUT2D eigenvalue weighted by atomic mass is 10.2. The van der Waals surface area contributed by atoms with Crippen LogP contribution in [0.25, 0.3) is 0 Å². The second kappa shape index (κ2) is 8.89. The minimum absolute atomic E-state index is 0.276. The first-order chi connectivity index (χ1) is 12.7. The molecule has 2 aromatic carbocycles. The van der Waals surface area contributed by atoms with E-state index in [9.17, 15) is 9.00 Å². The summed E-state index contributed by atoms with van der Waals surface area (Å²) in [6, 6.07) is 17.6. The van der Waals surface area contributed by atoms with E-state index in [1.807, 2.05) is 16.4 Å². The van der Waals surface area contributed by atoms with Crippen LogP contribution in [0.15, 0.2) is 72.1 Å². The first-order valence-corrected chi connectivity index (χ1v) is 9.73. The van der Waals surface area contributed by atoms with E-state index in [1.54, 1.807) is 18.2 Å². The molecular formula is C20H23N3O2S. The summed E-state index contributed by atoms with van der Waals surface area (Å²) in [4.78, 5) is 14.5. The molecule has 1 aliphatic heterocycles. The second-order valence-corrected chi connectivity index (χ2v) is 7.65. The molecule has 0 saturated carbocycles. The van der Waals surface area contributed by atoms with Crippen LogP contribution in [-0.4, -0.2) is 45.5 Å². The molecule has 5 nitrogen and oxygen atoms in total. The van der Waals surface area contributed by atoms with Gasteiger partial charge >= 0.3 is 0 Å². The number of benzene rings is 2. The molecule has 0 bridgehead atoms. The first-order valence-electron chi connectivity index (χ1n) is 8.62. The Morgan fingerprint density at radius 3 is 2.50 bits per heavy atom. The van der Waals surface area contributed by atoms with Crippen LogP contribution < -0.4 is 5.32 Å². The van der Waals surface area contributed by atoms with E-state index in [0.29, 0.717) is 10.6 Å². The maximum Gasteiger partial charge on any atom is 0.247 e. The first kappa shape index (κ1) is 18.5. The molecular weight excluding hydrogens is 346 g/mol. The molecule has 1 N–H and O–H groups in total. The lowest BCUT2D eigenvalue weighted by Crippen LogP contribution is -2.46. The zero-order valence-corrected chi connectivity index (χ0v) is 15.5. The predicted molar refractivity (Wildman–Crippen MR) is 105 cm³/mol. The molecule has 1 unspecified atom stereocenters. The Hall–Kier alpha value is -2.28. The summed E-state index contributed by atoms with van der Waals surface area (Å²) in [5.41, 5.74) is 1.93. The van der Waals surface area contributed by atoms with Crippen molar-refractivity contribution in [3.05, 3.63) is 72.8 Å². The van der Waals surface area contributed by atoms with Gasteiger partial charge in [-0.05, 0) is 29.8 Å². The zero-order chi connectivity index (χ0) is 18.4. The summed E-state index contributed by atoms with van der Waals surface area (Å²) in [6.07, 6.45) is 1.22. The number of rotatable bonds is 6. The van der Waals surface area contributed by atoms with E-state index < -0.39 is 11.0 Å². The molecule has 3 rings (SSSR count). The summed E-state index contributed by atoms with van der Waals surface area (Å²) >= 11 is 0. The van der Waals surface area contributed by atoms with E-state index in [1.165, 1.54) is 11.6 Å². The average molecular weight is 369 g/mol. The number of carbonyl (C=O) groups excluding carboxylic acids is 1. The third-order valence-corrected chi connectivity index (χ3v) is 5.79. The Bertz CT molecular complexity index is 787. The molecule has 1 aliphatic rings. The van der Waals surface area contributed by atoms with Crippen LogP contribution in [0.4, 0.5) is 5.69 Å². The molecule has 0 aromatic heterocycles. The molecule has 1 fully saturated rings. The molecule has 26 heavy (non-hydrogen) atoms. The third-order valence-electron chi connectivity index (χ3n) is 4.30. The highest BCUT2D eigenvalue weighted by atomic mass is 32.2. The Morgan fingerprint density at radius 1 is 1.08 bits per heavy atom. The number of anilines is 1. The average Bonchev–Trinajstić information content (AvgIpc) is 2.69. The molecule has 0 aliphatic carbocycles. The van der Waals surface area contributed by atoms with Crippen molar-refractivity contribution in [3.63, 3.8) is 0 Å². The number of nitrogens with one attached hydrogen (secondary N) is 1. The van der Waals surface area contributed by atoms with Gasteiger partial charge < -0.3 is 5.32 Å². The molecule has 136 valence electrons. The van der Waals surface area contributed by atoms with Crippen molar-refractivity contribution in [2.75, 3.05) is 31.5 Å². The minimum Gasteiger partial charge on any atom is -0.322 e. The minimum atomic E-state index is -1.23. The highest BCUT2D eigenvalue weighted by Gasteiger charge is 2.22. The van der Waals surface area contributed by atoms with Crippen molar-refractivity contribution >= 4 is 22.6 Å². The van der Waals surface area contributed by atoms with E-state index in [2.05, 4.69) is 41.1 Å². The normalized spacial score (nSPS) is 16.8. The summed E-state index contributed by atoms with van der Waals surface area (Å²) < 4.78 is 14.8. The summed E-state index contributed by atoms with van der Waals surface area (Å²) in [6.45, 7) is 7.63. The fraction of sp³-hybridized carbons (Fsp3) is 0.250. The Labute approximate surface area is 156 Å². The monoisotopic (exact) mass is 369 g/mol. The Morgan fingerprint density at radius 2 is 1.81 bits per heavy atom. The SMILES string of the molecule is C=CC(=O)Nc1cccc(S(=O)N2CCN(Cc3ccccc3)CC2)c1. The fourth-order valence-corrected chi connectivity index (χ4v) is 4.14. The molecule has 0 spiro atoms. The van der Waals surface area contributed by atoms with Gasteiger partial charge in [0, 0.05) is 38.4 Å². The predicted octanol–water partition coefficient (Wildman–Crippen LogP) is 2.65. The Kier molecular flexibility index (Phi) is 6.33. The standard InChI is InChI=1S/C20H23N3O2S/c1-2-20(24)21-18-9-6-10-19(15-18)26(25)23-13-11-22(12-14-23)16-17-7-4-3-5-8-17/h2-10,15H,1,11-14,16H2,(H,21,24). The molecule has 1 saturated heterocycles. The quantitative estimate of drug-likeness (QED) is 0.797. The largest absolute Gasteiger partial charge is 0.322 e. The van der Waals surface area contributed by atoms with Crippen molar-refractivity contribution in [2.24, 2.45) is 0 Å². The van der Waals surface area contributed by atoms with Crippen LogP contribution in [0, 0.1) is 0 Å². The van der Waals surface area contributed by atoms with Crippen LogP contribution in [0.1, 0.15) is 5.56 Å². The number of hydrogen-bond donors (Lipinski definition) is 1. The van der Waals surface area contributed by atoms with Crippen molar-refractivity contribution in [1.82, 2.24) is 9.21 Å². The van der Waals surface area contributed by atoms with Crippen LogP contribution >= 0.6 is 0 Å². The molecule has 1 atom stereocenters. The highest BCUT2D eigenvalue weighted by molar-refractivity contribution is 7.82. The van der Waals surface area contributed by atoms with Gasteiger partial charge in [-0.2, -0.15) is 0 Å². The van der Waals surface area contributed by atoms with Crippen LogP contribution in [0.5, 0.6) is 0 Å². The van der Waals surface area contributed by atoms with Gasteiger partial charge in [0.1, 0.15) is 11.0 Å². The van der Waals surface area contributed by atoms with E-state index in [0.717, 1.165) is 32.7 Å². The van der Waals surface area contributed by atoms with Crippen molar-refractivity contribution in [3.8, 4) is 0 Å². The van der Waals surface area contributed by atoms with Crippen LogP contribution in [0.2, 0.25) is 0 Å². The molecule has 2 aromatic rings. The lowest BCUT2D eigenvalue weighted by Gasteiger charge is -2.33. The van der Waals surface area contributed by atoms with Crippen molar-refractivity contribution < 1.29 is 9.00 Å². The summed E-state index contributed by atoms with van der Waals surface area (Å²) in [5, 5.41) is 2.71.